The smallest absolute Gasteiger partial charge is 0.0623 e. The highest BCUT2D eigenvalue weighted by molar-refractivity contribution is 4.76. The van der Waals surface area contributed by atoms with Crippen molar-refractivity contribution in [1.29, 1.82) is 0 Å². The lowest BCUT2D eigenvalue weighted by atomic mass is 9.81. The summed E-state index contributed by atoms with van der Waals surface area (Å²) in [6, 6.07) is 0.563. The van der Waals surface area contributed by atoms with E-state index < -0.39 is 0 Å². The van der Waals surface area contributed by atoms with Crippen molar-refractivity contribution in [3.05, 3.63) is 0 Å². The van der Waals surface area contributed by atoms with Crippen molar-refractivity contribution in [2.45, 2.75) is 51.7 Å². The first-order valence-corrected chi connectivity index (χ1v) is 5.51. The zero-order valence-electron chi connectivity index (χ0n) is 9.18. The lowest BCUT2D eigenvalue weighted by Gasteiger charge is -2.29. The lowest BCUT2D eigenvalue weighted by molar-refractivity contribution is 0.0541. The van der Waals surface area contributed by atoms with Gasteiger partial charge in [-0.2, -0.15) is 0 Å². The maximum Gasteiger partial charge on any atom is 0.0623 e. The Bertz CT molecular complexity index is 132. The van der Waals surface area contributed by atoms with Crippen molar-refractivity contribution in [1.82, 2.24) is 5.32 Å². The van der Waals surface area contributed by atoms with Crippen LogP contribution in [0.3, 0.4) is 0 Å². The van der Waals surface area contributed by atoms with Gasteiger partial charge in [0.25, 0.3) is 0 Å². The zero-order chi connectivity index (χ0) is 9.68. The molecule has 1 fully saturated rings. The van der Waals surface area contributed by atoms with E-state index in [1.807, 2.05) is 7.05 Å². The van der Waals surface area contributed by atoms with E-state index in [1.54, 1.807) is 0 Å². The summed E-state index contributed by atoms with van der Waals surface area (Å²) in [5.74, 6) is 0.966. The second-order valence-electron chi connectivity index (χ2n) is 4.40. The fourth-order valence-electron chi connectivity index (χ4n) is 1.71. The molecule has 1 aliphatic rings. The van der Waals surface area contributed by atoms with E-state index >= 15 is 0 Å². The highest BCUT2D eigenvalue weighted by Crippen LogP contribution is 2.30. The fourth-order valence-corrected chi connectivity index (χ4v) is 1.71. The van der Waals surface area contributed by atoms with Gasteiger partial charge in [-0.3, -0.25) is 0 Å². The average molecular weight is 185 g/mol. The van der Waals surface area contributed by atoms with Crippen LogP contribution in [-0.4, -0.2) is 25.8 Å². The standard InChI is InChI=1S/C11H23NO/c1-9(2)13-8-11(12-3)7-10-5-4-6-10/h9-12H,4-8H2,1-3H3. The summed E-state index contributed by atoms with van der Waals surface area (Å²) in [6.45, 7) is 5.05. The second kappa shape index (κ2) is 5.61. The Morgan fingerprint density at radius 3 is 2.46 bits per heavy atom. The molecule has 2 heteroatoms. The molecule has 0 radical (unpaired) electrons. The average Bonchev–Trinajstić information content (AvgIpc) is 2.01. The minimum Gasteiger partial charge on any atom is -0.377 e. The van der Waals surface area contributed by atoms with Gasteiger partial charge in [0.15, 0.2) is 0 Å². The molecular weight excluding hydrogens is 162 g/mol. The van der Waals surface area contributed by atoms with Crippen molar-refractivity contribution in [3.63, 3.8) is 0 Å². The predicted octanol–water partition coefficient (Wildman–Crippen LogP) is 2.19. The summed E-state index contributed by atoms with van der Waals surface area (Å²) in [4.78, 5) is 0. The van der Waals surface area contributed by atoms with Crippen LogP contribution in [0.2, 0.25) is 0 Å². The third-order valence-corrected chi connectivity index (χ3v) is 2.88. The van der Waals surface area contributed by atoms with Gasteiger partial charge < -0.3 is 10.1 Å². The summed E-state index contributed by atoms with van der Waals surface area (Å²) in [6.07, 6.45) is 5.95. The SMILES string of the molecule is CNC(COC(C)C)CC1CCC1. The molecule has 1 atom stereocenters. The third-order valence-electron chi connectivity index (χ3n) is 2.88. The molecule has 1 rings (SSSR count). The molecule has 13 heavy (non-hydrogen) atoms. The molecule has 1 N–H and O–H groups in total. The summed E-state index contributed by atoms with van der Waals surface area (Å²) in [7, 11) is 2.03. The molecule has 1 saturated carbocycles. The molecule has 1 aliphatic carbocycles. The normalized spacial score (nSPS) is 20.3. The molecule has 0 bridgehead atoms. The van der Waals surface area contributed by atoms with E-state index in [4.69, 9.17) is 4.74 Å². The fraction of sp³-hybridized carbons (Fsp3) is 1.00. The van der Waals surface area contributed by atoms with Gasteiger partial charge in [0, 0.05) is 6.04 Å². The lowest BCUT2D eigenvalue weighted by Crippen LogP contribution is -2.34. The van der Waals surface area contributed by atoms with Gasteiger partial charge in [-0.25, -0.2) is 0 Å². The van der Waals surface area contributed by atoms with Gasteiger partial charge >= 0.3 is 0 Å². The molecule has 0 spiro atoms. The molecule has 78 valence electrons. The van der Waals surface area contributed by atoms with Crippen LogP contribution < -0.4 is 5.32 Å². The van der Waals surface area contributed by atoms with Crippen molar-refractivity contribution < 1.29 is 4.74 Å². The zero-order valence-corrected chi connectivity index (χ0v) is 9.18. The van der Waals surface area contributed by atoms with Gasteiger partial charge in [-0.1, -0.05) is 19.3 Å². The predicted molar refractivity (Wildman–Crippen MR) is 55.9 cm³/mol. The molecule has 0 heterocycles. The Labute approximate surface area is 82.0 Å². The molecule has 0 saturated heterocycles. The summed E-state index contributed by atoms with van der Waals surface area (Å²) in [5, 5.41) is 3.33. The number of rotatable bonds is 6. The minimum atomic E-state index is 0.359. The van der Waals surface area contributed by atoms with Crippen LogP contribution >= 0.6 is 0 Å². The van der Waals surface area contributed by atoms with E-state index in [-0.39, 0.29) is 0 Å². The van der Waals surface area contributed by atoms with Crippen LogP contribution in [0.25, 0.3) is 0 Å². The molecular formula is C11H23NO. The van der Waals surface area contributed by atoms with Gasteiger partial charge in [0.05, 0.1) is 12.7 Å². The van der Waals surface area contributed by atoms with E-state index in [2.05, 4.69) is 19.2 Å². The van der Waals surface area contributed by atoms with E-state index in [1.165, 1.54) is 25.7 Å². The maximum atomic E-state index is 5.60. The van der Waals surface area contributed by atoms with Crippen LogP contribution in [0.1, 0.15) is 39.5 Å². The molecule has 2 nitrogen and oxygen atoms in total. The molecule has 1 unspecified atom stereocenters. The largest absolute Gasteiger partial charge is 0.377 e. The first kappa shape index (κ1) is 11.0. The number of ether oxygens (including phenoxy) is 1. The number of likely N-dealkylation sites (N-methyl/N-ethyl adjacent to an activating group) is 1. The second-order valence-corrected chi connectivity index (χ2v) is 4.40. The van der Waals surface area contributed by atoms with Crippen LogP contribution in [0.15, 0.2) is 0 Å². The van der Waals surface area contributed by atoms with E-state index in [9.17, 15) is 0 Å². The Morgan fingerprint density at radius 1 is 1.38 bits per heavy atom. The highest BCUT2D eigenvalue weighted by atomic mass is 16.5. The van der Waals surface area contributed by atoms with Crippen molar-refractivity contribution >= 4 is 0 Å². The van der Waals surface area contributed by atoms with Crippen molar-refractivity contribution in [2.75, 3.05) is 13.7 Å². The summed E-state index contributed by atoms with van der Waals surface area (Å²) in [5.41, 5.74) is 0. The molecule has 0 aromatic heterocycles. The van der Waals surface area contributed by atoms with Crippen molar-refractivity contribution in [2.24, 2.45) is 5.92 Å². The van der Waals surface area contributed by atoms with Crippen LogP contribution in [0, 0.1) is 5.92 Å². The van der Waals surface area contributed by atoms with Crippen molar-refractivity contribution in [3.8, 4) is 0 Å². The van der Waals surface area contributed by atoms with Crippen LogP contribution in [-0.2, 0) is 4.74 Å². The molecule has 0 aliphatic heterocycles. The van der Waals surface area contributed by atoms with E-state index in [0.717, 1.165) is 12.5 Å². The summed E-state index contributed by atoms with van der Waals surface area (Å²) >= 11 is 0. The van der Waals surface area contributed by atoms with Crippen LogP contribution in [0.5, 0.6) is 0 Å². The van der Waals surface area contributed by atoms with Crippen LogP contribution in [0.4, 0.5) is 0 Å². The highest BCUT2D eigenvalue weighted by Gasteiger charge is 2.21. The molecule has 0 aromatic carbocycles. The number of hydrogen-bond donors (Lipinski definition) is 1. The minimum absolute atomic E-state index is 0.359. The number of nitrogens with one attached hydrogen (secondary N) is 1. The van der Waals surface area contributed by atoms with Gasteiger partial charge in [0.2, 0.25) is 0 Å². The number of hydrogen-bond acceptors (Lipinski definition) is 2. The first-order chi connectivity index (χ1) is 6.22. The summed E-state index contributed by atoms with van der Waals surface area (Å²) < 4.78 is 5.60. The Kier molecular flexibility index (Phi) is 4.74. The maximum absolute atomic E-state index is 5.60. The Balaban J connectivity index is 2.09. The first-order valence-electron chi connectivity index (χ1n) is 5.51. The topological polar surface area (TPSA) is 21.3 Å². The Hall–Kier alpha value is -0.0800. The van der Waals surface area contributed by atoms with Gasteiger partial charge in [0.1, 0.15) is 0 Å². The monoisotopic (exact) mass is 185 g/mol. The van der Waals surface area contributed by atoms with Gasteiger partial charge in [-0.15, -0.1) is 0 Å². The third kappa shape index (κ3) is 4.10. The molecule has 0 aromatic rings. The van der Waals surface area contributed by atoms with Gasteiger partial charge in [-0.05, 0) is 33.2 Å². The quantitative estimate of drug-likeness (QED) is 0.685. The van der Waals surface area contributed by atoms with E-state index in [0.29, 0.717) is 12.1 Å². The molecule has 0 amide bonds. The Morgan fingerprint density at radius 2 is 2.08 bits per heavy atom.